The molecule has 148 valence electrons. The second-order valence-electron chi connectivity index (χ2n) is 7.68. The van der Waals surface area contributed by atoms with Crippen LogP contribution in [0.1, 0.15) is 36.1 Å². The molecule has 6 heteroatoms. The molecule has 28 heavy (non-hydrogen) atoms. The van der Waals surface area contributed by atoms with Gasteiger partial charge in [-0.1, -0.05) is 54.1 Å². The van der Waals surface area contributed by atoms with Crippen molar-refractivity contribution in [3.8, 4) is 0 Å². The first-order chi connectivity index (χ1) is 13.6. The number of halogens is 1. The molecule has 3 N–H and O–H groups in total. The molecule has 2 heterocycles. The molecule has 3 unspecified atom stereocenters. The summed E-state index contributed by atoms with van der Waals surface area (Å²) in [6, 6.07) is 17.4. The van der Waals surface area contributed by atoms with Crippen LogP contribution in [-0.2, 0) is 4.79 Å². The molecular formula is C22H26ClN3O2. The van der Waals surface area contributed by atoms with Gasteiger partial charge in [-0.25, -0.2) is 5.43 Å². The van der Waals surface area contributed by atoms with Gasteiger partial charge in [0.2, 0.25) is 5.91 Å². The number of amides is 1. The largest absolute Gasteiger partial charge is 0.388 e. The molecule has 2 aliphatic rings. The Morgan fingerprint density at radius 1 is 1.07 bits per heavy atom. The van der Waals surface area contributed by atoms with Crippen LogP contribution < -0.4 is 10.9 Å². The van der Waals surface area contributed by atoms with Crippen molar-refractivity contribution in [3.05, 3.63) is 70.7 Å². The Labute approximate surface area is 170 Å². The number of likely N-dealkylation sites (tertiary alicyclic amines) is 1. The monoisotopic (exact) mass is 399 g/mol. The summed E-state index contributed by atoms with van der Waals surface area (Å²) in [7, 11) is 0. The highest BCUT2D eigenvalue weighted by Gasteiger charge is 2.38. The number of nitrogens with zero attached hydrogens (tertiary/aromatic N) is 1. The maximum absolute atomic E-state index is 13.2. The zero-order chi connectivity index (χ0) is 19.5. The Kier molecular flexibility index (Phi) is 5.97. The van der Waals surface area contributed by atoms with E-state index in [1.807, 2.05) is 59.5 Å². The average Bonchev–Trinajstić information content (AvgIpc) is 3.24. The molecule has 0 aromatic heterocycles. The van der Waals surface area contributed by atoms with Crippen LogP contribution >= 0.6 is 11.6 Å². The molecule has 0 radical (unpaired) electrons. The Bertz CT molecular complexity index is 791. The fraction of sp³-hybridized carbons (Fsp3) is 0.409. The van der Waals surface area contributed by atoms with Crippen molar-refractivity contribution in [3.63, 3.8) is 0 Å². The average molecular weight is 400 g/mol. The van der Waals surface area contributed by atoms with Crippen LogP contribution in [0.3, 0.4) is 0 Å². The van der Waals surface area contributed by atoms with Gasteiger partial charge in [0.05, 0.1) is 18.1 Å². The number of rotatable bonds is 4. The third-order valence-corrected chi connectivity index (χ3v) is 6.22. The van der Waals surface area contributed by atoms with Crippen molar-refractivity contribution in [1.29, 1.82) is 0 Å². The van der Waals surface area contributed by atoms with Gasteiger partial charge in [-0.15, -0.1) is 0 Å². The highest BCUT2D eigenvalue weighted by Crippen LogP contribution is 2.33. The lowest BCUT2D eigenvalue weighted by Crippen LogP contribution is -2.44. The molecular weight excluding hydrogens is 374 g/mol. The number of hydrazine groups is 1. The van der Waals surface area contributed by atoms with E-state index in [4.69, 9.17) is 11.6 Å². The van der Waals surface area contributed by atoms with Gasteiger partial charge in [0, 0.05) is 24.7 Å². The fourth-order valence-electron chi connectivity index (χ4n) is 4.31. The van der Waals surface area contributed by atoms with E-state index >= 15 is 0 Å². The van der Waals surface area contributed by atoms with Gasteiger partial charge in [-0.05, 0) is 42.0 Å². The maximum Gasteiger partial charge on any atom is 0.229 e. The van der Waals surface area contributed by atoms with Crippen molar-refractivity contribution in [1.82, 2.24) is 15.8 Å². The number of benzene rings is 2. The van der Waals surface area contributed by atoms with Crippen molar-refractivity contribution in [2.45, 2.75) is 25.0 Å². The lowest BCUT2D eigenvalue weighted by Gasteiger charge is -2.36. The van der Waals surface area contributed by atoms with Crippen molar-refractivity contribution >= 4 is 17.5 Å². The van der Waals surface area contributed by atoms with E-state index in [1.54, 1.807) is 0 Å². The lowest BCUT2D eigenvalue weighted by atomic mass is 9.86. The number of carbonyl (C=O) groups is 1. The number of hydrogen-bond donors (Lipinski definition) is 3. The Morgan fingerprint density at radius 3 is 2.43 bits per heavy atom. The van der Waals surface area contributed by atoms with Crippen molar-refractivity contribution in [2.24, 2.45) is 11.8 Å². The number of piperidine rings is 1. The first-order valence-corrected chi connectivity index (χ1v) is 10.3. The first-order valence-electron chi connectivity index (χ1n) is 9.89. The molecule has 4 rings (SSSR count). The maximum atomic E-state index is 13.2. The van der Waals surface area contributed by atoms with E-state index < -0.39 is 6.10 Å². The molecule has 1 amide bonds. The summed E-state index contributed by atoms with van der Waals surface area (Å²) in [6.07, 6.45) is 1.18. The normalized spacial score (nSPS) is 24.3. The fourth-order valence-corrected chi connectivity index (χ4v) is 4.43. The molecule has 0 saturated carbocycles. The summed E-state index contributed by atoms with van der Waals surface area (Å²) in [5.74, 6) is 0.222. The Balaban J connectivity index is 1.37. The molecule has 2 aliphatic heterocycles. The quantitative estimate of drug-likeness (QED) is 0.739. The number of carbonyl (C=O) groups excluding carboxylic acids is 1. The summed E-state index contributed by atoms with van der Waals surface area (Å²) < 4.78 is 0. The smallest absolute Gasteiger partial charge is 0.229 e. The SMILES string of the molecule is O=C(C1CNNC1c1ccc(Cl)cc1)N1CCC(C(O)c2ccccc2)CC1. The van der Waals surface area contributed by atoms with Gasteiger partial charge >= 0.3 is 0 Å². The van der Waals surface area contributed by atoms with Gasteiger partial charge in [-0.3, -0.25) is 10.2 Å². The molecule has 0 spiro atoms. The van der Waals surface area contributed by atoms with Gasteiger partial charge in [0.1, 0.15) is 0 Å². The summed E-state index contributed by atoms with van der Waals surface area (Å²) >= 11 is 5.99. The van der Waals surface area contributed by atoms with Crippen LogP contribution in [0.15, 0.2) is 54.6 Å². The minimum Gasteiger partial charge on any atom is -0.388 e. The van der Waals surface area contributed by atoms with E-state index in [2.05, 4.69) is 10.9 Å². The number of nitrogens with one attached hydrogen (secondary N) is 2. The molecule has 2 aromatic carbocycles. The van der Waals surface area contributed by atoms with Crippen LogP contribution in [0, 0.1) is 11.8 Å². The summed E-state index contributed by atoms with van der Waals surface area (Å²) in [6.45, 7) is 1.99. The van der Waals surface area contributed by atoms with Gasteiger partial charge in [-0.2, -0.15) is 0 Å². The summed E-state index contributed by atoms with van der Waals surface area (Å²) in [5, 5.41) is 11.4. The van der Waals surface area contributed by atoms with Crippen LogP contribution in [0.4, 0.5) is 0 Å². The van der Waals surface area contributed by atoms with E-state index in [1.165, 1.54) is 0 Å². The van der Waals surface area contributed by atoms with Crippen molar-refractivity contribution < 1.29 is 9.90 Å². The number of aliphatic hydroxyl groups excluding tert-OH is 1. The van der Waals surface area contributed by atoms with Gasteiger partial charge in [0.25, 0.3) is 0 Å². The molecule has 0 bridgehead atoms. The predicted octanol–water partition coefficient (Wildman–Crippen LogP) is 3.08. The molecule has 2 saturated heterocycles. The summed E-state index contributed by atoms with van der Waals surface area (Å²) in [5.41, 5.74) is 8.38. The zero-order valence-electron chi connectivity index (χ0n) is 15.7. The molecule has 0 aliphatic carbocycles. The third kappa shape index (κ3) is 4.08. The summed E-state index contributed by atoms with van der Waals surface area (Å²) in [4.78, 5) is 15.1. The standard InChI is InChI=1S/C22H26ClN3O2/c23-18-8-6-15(7-9-18)20-19(14-24-25-20)22(28)26-12-10-17(11-13-26)21(27)16-4-2-1-3-5-16/h1-9,17,19-21,24-25,27H,10-14H2. The zero-order valence-corrected chi connectivity index (χ0v) is 16.5. The molecule has 2 aromatic rings. The van der Waals surface area contributed by atoms with Crippen molar-refractivity contribution in [2.75, 3.05) is 19.6 Å². The number of hydrogen-bond acceptors (Lipinski definition) is 4. The third-order valence-electron chi connectivity index (χ3n) is 5.97. The highest BCUT2D eigenvalue weighted by molar-refractivity contribution is 6.30. The van der Waals surface area contributed by atoms with Gasteiger partial charge in [0.15, 0.2) is 0 Å². The highest BCUT2D eigenvalue weighted by atomic mass is 35.5. The Morgan fingerprint density at radius 2 is 1.75 bits per heavy atom. The van der Waals surface area contributed by atoms with Crippen LogP contribution in [0.25, 0.3) is 0 Å². The molecule has 5 nitrogen and oxygen atoms in total. The minimum atomic E-state index is -0.463. The Hall–Kier alpha value is -1.92. The molecule has 3 atom stereocenters. The topological polar surface area (TPSA) is 64.6 Å². The van der Waals surface area contributed by atoms with Crippen LogP contribution in [-0.4, -0.2) is 35.5 Å². The van der Waals surface area contributed by atoms with Crippen LogP contribution in [0.2, 0.25) is 5.02 Å². The van der Waals surface area contributed by atoms with E-state index in [0.717, 1.165) is 24.0 Å². The van der Waals surface area contributed by atoms with E-state index in [0.29, 0.717) is 24.7 Å². The molecule has 2 fully saturated rings. The van der Waals surface area contributed by atoms with Crippen LogP contribution in [0.5, 0.6) is 0 Å². The second kappa shape index (κ2) is 8.62. The minimum absolute atomic E-state index is 0.0580. The second-order valence-corrected chi connectivity index (χ2v) is 8.12. The predicted molar refractivity (Wildman–Crippen MR) is 110 cm³/mol. The van der Waals surface area contributed by atoms with E-state index in [-0.39, 0.29) is 23.8 Å². The number of aliphatic hydroxyl groups is 1. The van der Waals surface area contributed by atoms with Gasteiger partial charge < -0.3 is 10.0 Å². The van der Waals surface area contributed by atoms with E-state index in [9.17, 15) is 9.90 Å². The lowest BCUT2D eigenvalue weighted by molar-refractivity contribution is -0.137. The first kappa shape index (κ1) is 19.4.